The number of hydrogen-bond acceptors (Lipinski definition) is 4. The summed E-state index contributed by atoms with van der Waals surface area (Å²) in [6.07, 6.45) is 5.23. The van der Waals surface area contributed by atoms with Crippen molar-refractivity contribution in [3.05, 3.63) is 94.1 Å². The van der Waals surface area contributed by atoms with E-state index in [2.05, 4.69) is 23.0 Å². The smallest absolute Gasteiger partial charge is 0.211 e. The largest absolute Gasteiger partial charge is 0.497 e. The number of aryl methyl sites for hydroxylation is 4. The summed E-state index contributed by atoms with van der Waals surface area (Å²) in [5.74, 6) is 2.47. The number of hydrogen-bond donors (Lipinski definition) is 2. The Morgan fingerprint density at radius 1 is 1.12 bits per heavy atom. The summed E-state index contributed by atoms with van der Waals surface area (Å²) >= 11 is 0. The van der Waals surface area contributed by atoms with Crippen LogP contribution in [0.1, 0.15) is 33.5 Å². The molecule has 3 rings (SSSR count). The highest BCUT2D eigenvalue weighted by Gasteiger charge is 2.06. The van der Waals surface area contributed by atoms with Crippen LogP contribution in [0, 0.1) is 13.8 Å². The van der Waals surface area contributed by atoms with Gasteiger partial charge in [-0.1, -0.05) is 24.3 Å². The third-order valence-electron chi connectivity index (χ3n) is 5.21. The molecule has 0 radical (unpaired) electrons. The minimum atomic E-state index is -2.66. The molecule has 7 heteroatoms. The Bertz CT molecular complexity index is 1170. The van der Waals surface area contributed by atoms with Crippen LogP contribution in [-0.2, 0) is 17.4 Å². The Hall–Kier alpha value is -3.21. The van der Waals surface area contributed by atoms with E-state index in [0.29, 0.717) is 17.2 Å². The maximum atomic E-state index is 10.9. The van der Waals surface area contributed by atoms with Crippen LogP contribution >= 0.6 is 8.03 Å². The van der Waals surface area contributed by atoms with E-state index in [0.717, 1.165) is 35.3 Å². The summed E-state index contributed by atoms with van der Waals surface area (Å²) < 4.78 is 16.2. The molecule has 0 bridgehead atoms. The normalized spacial score (nSPS) is 12.8. The summed E-state index contributed by atoms with van der Waals surface area (Å²) in [6, 6.07) is 15.6. The number of nitrogens with zero attached hydrogens (tertiary/aromatic N) is 2. The quantitative estimate of drug-likeness (QED) is 0.288. The summed E-state index contributed by atoms with van der Waals surface area (Å²) in [7, 11) is -0.985. The van der Waals surface area contributed by atoms with Crippen LogP contribution in [0.15, 0.2) is 65.5 Å². The molecule has 1 unspecified atom stereocenters. The lowest BCUT2D eigenvalue weighted by atomic mass is 10.0. The van der Waals surface area contributed by atoms with Crippen molar-refractivity contribution in [2.24, 2.45) is 10.7 Å². The van der Waals surface area contributed by atoms with Crippen molar-refractivity contribution < 1.29 is 14.2 Å². The van der Waals surface area contributed by atoms with Crippen molar-refractivity contribution >= 4 is 25.6 Å². The van der Waals surface area contributed by atoms with E-state index in [-0.39, 0.29) is 0 Å². The monoisotopic (exact) mass is 449 g/mol. The SMILES string of the molecule is COc1ccc(CCc2ccc(/C(N)=N\c3cc(/C=C/[PH](=O)O)ccc3C)nc2)c(C)c1. The van der Waals surface area contributed by atoms with Gasteiger partial charge < -0.3 is 15.4 Å². The molecule has 0 saturated heterocycles. The maximum absolute atomic E-state index is 10.9. The molecule has 1 aromatic heterocycles. The molecule has 0 amide bonds. The Morgan fingerprint density at radius 2 is 1.94 bits per heavy atom. The number of rotatable bonds is 8. The summed E-state index contributed by atoms with van der Waals surface area (Å²) in [4.78, 5) is 18.0. The van der Waals surface area contributed by atoms with Crippen LogP contribution in [0.25, 0.3) is 6.08 Å². The number of aliphatic imine (C=N–C) groups is 1. The number of amidine groups is 1. The van der Waals surface area contributed by atoms with Crippen molar-refractivity contribution in [1.82, 2.24) is 4.98 Å². The third kappa shape index (κ3) is 6.39. The first-order valence-corrected chi connectivity index (χ1v) is 11.7. The van der Waals surface area contributed by atoms with Gasteiger partial charge >= 0.3 is 0 Å². The number of ether oxygens (including phenoxy) is 1. The van der Waals surface area contributed by atoms with Crippen LogP contribution in [0.2, 0.25) is 0 Å². The Morgan fingerprint density at radius 3 is 2.59 bits per heavy atom. The highest BCUT2D eigenvalue weighted by atomic mass is 31.1. The van der Waals surface area contributed by atoms with Crippen molar-refractivity contribution in [1.29, 1.82) is 0 Å². The molecule has 6 nitrogen and oxygen atoms in total. The molecular formula is C25H28N3O3P. The van der Waals surface area contributed by atoms with Crippen LogP contribution in [0.3, 0.4) is 0 Å². The van der Waals surface area contributed by atoms with Gasteiger partial charge in [-0.25, -0.2) is 4.99 Å². The van der Waals surface area contributed by atoms with Gasteiger partial charge in [-0.05, 0) is 90.7 Å². The van der Waals surface area contributed by atoms with Gasteiger partial charge in [0.25, 0.3) is 0 Å². The van der Waals surface area contributed by atoms with E-state index in [1.165, 1.54) is 16.9 Å². The molecular weight excluding hydrogens is 421 g/mol. The van der Waals surface area contributed by atoms with E-state index in [1.54, 1.807) is 13.2 Å². The Labute approximate surface area is 189 Å². The fraction of sp³-hybridized carbons (Fsp3) is 0.200. The minimum Gasteiger partial charge on any atom is -0.497 e. The lowest BCUT2D eigenvalue weighted by Gasteiger charge is -2.09. The first-order chi connectivity index (χ1) is 15.4. The summed E-state index contributed by atoms with van der Waals surface area (Å²) in [5, 5.41) is 0. The van der Waals surface area contributed by atoms with Gasteiger partial charge in [0.05, 0.1) is 12.8 Å². The average molecular weight is 449 g/mol. The molecule has 0 spiro atoms. The Kier molecular flexibility index (Phi) is 7.98. The topological polar surface area (TPSA) is 97.8 Å². The number of pyridine rings is 1. The number of benzene rings is 2. The molecule has 2 aromatic carbocycles. The van der Waals surface area contributed by atoms with Crippen LogP contribution in [0.5, 0.6) is 5.75 Å². The summed E-state index contributed by atoms with van der Waals surface area (Å²) in [6.45, 7) is 4.03. The molecule has 0 aliphatic rings. The van der Waals surface area contributed by atoms with Gasteiger partial charge in [0.2, 0.25) is 8.03 Å². The van der Waals surface area contributed by atoms with Crippen LogP contribution in [0.4, 0.5) is 5.69 Å². The second-order valence-electron chi connectivity index (χ2n) is 7.56. The highest BCUT2D eigenvalue weighted by molar-refractivity contribution is 7.41. The molecule has 0 aliphatic carbocycles. The molecule has 3 N–H and O–H groups in total. The first kappa shape index (κ1) is 23.5. The van der Waals surface area contributed by atoms with Gasteiger partial charge in [0.15, 0.2) is 0 Å². The second-order valence-corrected chi connectivity index (χ2v) is 8.57. The maximum Gasteiger partial charge on any atom is 0.211 e. The van der Waals surface area contributed by atoms with Crippen molar-refractivity contribution in [2.75, 3.05) is 7.11 Å². The van der Waals surface area contributed by atoms with Gasteiger partial charge in [-0.2, -0.15) is 0 Å². The molecule has 32 heavy (non-hydrogen) atoms. The number of nitrogens with two attached hydrogens (primary N) is 1. The zero-order chi connectivity index (χ0) is 23.1. The third-order valence-corrected chi connectivity index (χ3v) is 5.66. The molecule has 1 heterocycles. The van der Waals surface area contributed by atoms with Crippen molar-refractivity contribution in [2.45, 2.75) is 26.7 Å². The zero-order valence-electron chi connectivity index (χ0n) is 18.5. The molecule has 3 aromatic rings. The van der Waals surface area contributed by atoms with Gasteiger partial charge in [0.1, 0.15) is 17.3 Å². The van der Waals surface area contributed by atoms with Crippen LogP contribution < -0.4 is 10.5 Å². The molecule has 1 atom stereocenters. The van der Waals surface area contributed by atoms with Gasteiger partial charge in [-0.3, -0.25) is 9.55 Å². The second kappa shape index (κ2) is 10.9. The molecule has 0 saturated carbocycles. The van der Waals surface area contributed by atoms with E-state index < -0.39 is 8.03 Å². The fourth-order valence-electron chi connectivity index (χ4n) is 3.28. The van der Waals surface area contributed by atoms with E-state index >= 15 is 0 Å². The minimum absolute atomic E-state index is 0.322. The van der Waals surface area contributed by atoms with Crippen LogP contribution in [-0.4, -0.2) is 22.8 Å². The Balaban J connectivity index is 1.71. The van der Waals surface area contributed by atoms with E-state index in [4.69, 9.17) is 15.4 Å². The zero-order valence-corrected chi connectivity index (χ0v) is 19.5. The highest BCUT2D eigenvalue weighted by Crippen LogP contribution is 2.24. The van der Waals surface area contributed by atoms with Gasteiger partial charge in [0, 0.05) is 6.20 Å². The summed E-state index contributed by atoms with van der Waals surface area (Å²) in [5.41, 5.74) is 12.9. The van der Waals surface area contributed by atoms with Crippen molar-refractivity contribution in [3.8, 4) is 5.75 Å². The van der Waals surface area contributed by atoms with Gasteiger partial charge in [-0.15, -0.1) is 0 Å². The predicted octanol–water partition coefficient (Wildman–Crippen LogP) is 4.97. The predicted molar refractivity (Wildman–Crippen MR) is 131 cm³/mol. The number of methoxy groups -OCH3 is 1. The lowest BCUT2D eigenvalue weighted by molar-refractivity contribution is 0.414. The molecule has 0 fully saturated rings. The average Bonchev–Trinajstić information content (AvgIpc) is 2.79. The fourth-order valence-corrected chi connectivity index (χ4v) is 3.62. The van der Waals surface area contributed by atoms with E-state index in [1.807, 2.05) is 55.6 Å². The number of aromatic nitrogens is 1. The molecule has 0 aliphatic heterocycles. The lowest BCUT2D eigenvalue weighted by Crippen LogP contribution is -2.15. The standard InChI is InChI=1S/C25H28N3O3P/c1-17-4-5-19(12-13-32(29)30)15-24(17)28-25(26)23-11-7-20(16-27-23)6-8-21-9-10-22(31-3)14-18(21)2/h4-5,7,9-16,32H,6,8H2,1-3H3,(H2,26,28)(H,29,30)/b13-12+. The van der Waals surface area contributed by atoms with Crippen molar-refractivity contribution in [3.63, 3.8) is 0 Å². The first-order valence-electron chi connectivity index (χ1n) is 10.3. The van der Waals surface area contributed by atoms with E-state index in [9.17, 15) is 4.57 Å². The molecule has 166 valence electrons.